The highest BCUT2D eigenvalue weighted by molar-refractivity contribution is 6.03. The Morgan fingerprint density at radius 1 is 1.15 bits per heavy atom. The van der Waals surface area contributed by atoms with Crippen molar-refractivity contribution in [2.75, 3.05) is 11.1 Å². The van der Waals surface area contributed by atoms with Gasteiger partial charge < -0.3 is 30.9 Å². The third kappa shape index (κ3) is 6.92. The van der Waals surface area contributed by atoms with E-state index in [0.29, 0.717) is 5.56 Å². The second kappa shape index (κ2) is 11.3. The van der Waals surface area contributed by atoms with Crippen LogP contribution in [0.1, 0.15) is 63.2 Å². The number of nitrogens with two attached hydrogens (primary N) is 1. The lowest BCUT2D eigenvalue weighted by atomic mass is 9.85. The molecular weight excluding hydrogens is 538 g/mol. The number of ether oxygens (including phenoxy) is 2. The molecule has 1 fully saturated rings. The average molecular weight is 571 g/mol. The number of rotatable bonds is 5. The fraction of sp³-hybridized carbons (Fsp3) is 0.393. The second-order valence-electron chi connectivity index (χ2n) is 11.2. The summed E-state index contributed by atoms with van der Waals surface area (Å²) in [5.74, 6) is -2.69. The third-order valence-corrected chi connectivity index (χ3v) is 6.36. The van der Waals surface area contributed by atoms with Crippen LogP contribution >= 0.6 is 0 Å². The number of hydrogen-bond acceptors (Lipinski definition) is 9. The molecule has 2 amide bonds. The topological polar surface area (TPSA) is 162 Å². The SMILES string of the molecule is CC(C)(C)OC(=O)NC1CC(c2ccncc2NC(=O)c2ccc(F)c(-c3ccc(N)nc3F)n2)OC(C)(C)C1O. The van der Waals surface area contributed by atoms with Crippen LogP contribution in [-0.2, 0) is 9.47 Å². The van der Waals surface area contributed by atoms with Crippen LogP contribution in [0.5, 0.6) is 0 Å². The van der Waals surface area contributed by atoms with E-state index in [1.165, 1.54) is 24.5 Å². The van der Waals surface area contributed by atoms with Gasteiger partial charge in [0.1, 0.15) is 34.7 Å². The van der Waals surface area contributed by atoms with Crippen molar-refractivity contribution in [3.63, 3.8) is 0 Å². The third-order valence-electron chi connectivity index (χ3n) is 6.36. The van der Waals surface area contributed by atoms with E-state index in [2.05, 4.69) is 25.6 Å². The zero-order chi connectivity index (χ0) is 30.1. The molecule has 1 saturated heterocycles. The van der Waals surface area contributed by atoms with Gasteiger partial charge in [0.2, 0.25) is 5.95 Å². The number of alkyl carbamates (subject to hydrolysis) is 1. The standard InChI is InChI=1S/C28H32F2N6O5/c1-27(2,3)41-26(39)35-18-12-20(40-28(4,5)23(18)37)14-10-11-32-13-19(14)34-25(38)17-8-7-16(29)22(33-17)15-6-9-21(31)36-24(15)30/h6-11,13,18,20,23,37H,12H2,1-5H3,(H2,31,36)(H,34,38)(H,35,39). The monoisotopic (exact) mass is 570 g/mol. The van der Waals surface area contributed by atoms with E-state index >= 15 is 0 Å². The molecule has 0 bridgehead atoms. The molecule has 0 saturated carbocycles. The first-order valence-corrected chi connectivity index (χ1v) is 12.8. The number of aliphatic hydroxyl groups excluding tert-OH is 1. The van der Waals surface area contributed by atoms with Crippen LogP contribution in [0.2, 0.25) is 0 Å². The molecule has 3 aromatic heterocycles. The molecule has 4 heterocycles. The molecule has 11 nitrogen and oxygen atoms in total. The number of hydrogen-bond donors (Lipinski definition) is 4. The summed E-state index contributed by atoms with van der Waals surface area (Å²) >= 11 is 0. The van der Waals surface area contributed by atoms with Crippen LogP contribution in [-0.4, -0.2) is 55.4 Å². The van der Waals surface area contributed by atoms with E-state index in [0.717, 1.165) is 12.1 Å². The van der Waals surface area contributed by atoms with Crippen molar-refractivity contribution in [3.8, 4) is 11.3 Å². The largest absolute Gasteiger partial charge is 0.444 e. The van der Waals surface area contributed by atoms with Gasteiger partial charge in [-0.1, -0.05) is 0 Å². The van der Waals surface area contributed by atoms with Gasteiger partial charge in [-0.25, -0.2) is 19.2 Å². The summed E-state index contributed by atoms with van der Waals surface area (Å²) in [4.78, 5) is 37.3. The summed E-state index contributed by atoms with van der Waals surface area (Å²) < 4.78 is 40.4. The molecule has 1 aliphatic heterocycles. The molecule has 3 unspecified atom stereocenters. The fourth-order valence-corrected chi connectivity index (χ4v) is 4.47. The quantitative estimate of drug-likeness (QED) is 0.330. The smallest absolute Gasteiger partial charge is 0.407 e. The average Bonchev–Trinajstić information content (AvgIpc) is 2.86. The number of carbonyl (C=O) groups is 2. The van der Waals surface area contributed by atoms with Crippen molar-refractivity contribution in [2.45, 2.75) is 70.5 Å². The normalized spacial score (nSPS) is 20.2. The molecular formula is C28H32F2N6O5. The van der Waals surface area contributed by atoms with Crippen LogP contribution in [0.3, 0.4) is 0 Å². The van der Waals surface area contributed by atoms with Crippen molar-refractivity contribution in [2.24, 2.45) is 0 Å². The van der Waals surface area contributed by atoms with Crippen LogP contribution in [0.25, 0.3) is 11.3 Å². The van der Waals surface area contributed by atoms with E-state index in [1.54, 1.807) is 40.7 Å². The Hall–Kier alpha value is -4.23. The lowest BCUT2D eigenvalue weighted by Crippen LogP contribution is -2.58. The van der Waals surface area contributed by atoms with Gasteiger partial charge in [-0.2, -0.15) is 4.39 Å². The molecule has 0 aliphatic carbocycles. The van der Waals surface area contributed by atoms with Gasteiger partial charge in [-0.3, -0.25) is 9.78 Å². The number of anilines is 2. The minimum absolute atomic E-state index is 0.0891. The molecule has 0 aromatic carbocycles. The van der Waals surface area contributed by atoms with Crippen LogP contribution < -0.4 is 16.4 Å². The van der Waals surface area contributed by atoms with Crippen molar-refractivity contribution < 1.29 is 33.0 Å². The van der Waals surface area contributed by atoms with Crippen molar-refractivity contribution >= 4 is 23.5 Å². The van der Waals surface area contributed by atoms with E-state index in [4.69, 9.17) is 15.2 Å². The number of aliphatic hydroxyl groups is 1. The minimum Gasteiger partial charge on any atom is -0.444 e. The number of nitrogens with one attached hydrogen (secondary N) is 2. The van der Waals surface area contributed by atoms with Gasteiger partial charge in [-0.15, -0.1) is 0 Å². The number of aromatic nitrogens is 3. The molecule has 4 rings (SSSR count). The van der Waals surface area contributed by atoms with E-state index in [9.17, 15) is 23.5 Å². The number of nitrogen functional groups attached to an aromatic ring is 1. The molecule has 218 valence electrons. The molecule has 3 atom stereocenters. The molecule has 5 N–H and O–H groups in total. The molecule has 1 aliphatic rings. The lowest BCUT2D eigenvalue weighted by Gasteiger charge is -2.45. The number of pyridine rings is 3. The Labute approximate surface area is 235 Å². The van der Waals surface area contributed by atoms with Gasteiger partial charge in [0, 0.05) is 18.2 Å². The molecule has 0 radical (unpaired) electrons. The summed E-state index contributed by atoms with van der Waals surface area (Å²) in [5, 5.41) is 16.3. The summed E-state index contributed by atoms with van der Waals surface area (Å²) in [6, 6.07) is 5.57. The Morgan fingerprint density at radius 3 is 2.56 bits per heavy atom. The lowest BCUT2D eigenvalue weighted by molar-refractivity contribution is -0.184. The predicted octanol–water partition coefficient (Wildman–Crippen LogP) is 4.15. The second-order valence-corrected chi connectivity index (χ2v) is 11.2. The first-order chi connectivity index (χ1) is 19.1. The molecule has 0 spiro atoms. The van der Waals surface area contributed by atoms with Crippen molar-refractivity contribution in [1.29, 1.82) is 0 Å². The summed E-state index contributed by atoms with van der Waals surface area (Å²) in [5.41, 5.74) is 3.58. The van der Waals surface area contributed by atoms with Crippen molar-refractivity contribution in [3.05, 3.63) is 65.7 Å². The zero-order valence-corrected chi connectivity index (χ0v) is 23.2. The van der Waals surface area contributed by atoms with Gasteiger partial charge in [0.25, 0.3) is 5.91 Å². The van der Waals surface area contributed by atoms with E-state index in [1.807, 2.05) is 0 Å². The van der Waals surface area contributed by atoms with Crippen molar-refractivity contribution in [1.82, 2.24) is 20.3 Å². The van der Waals surface area contributed by atoms with Gasteiger partial charge in [0.15, 0.2) is 0 Å². The Kier molecular flexibility index (Phi) is 8.22. The highest BCUT2D eigenvalue weighted by Gasteiger charge is 2.45. The summed E-state index contributed by atoms with van der Waals surface area (Å²) in [6.45, 7) is 8.56. The zero-order valence-electron chi connectivity index (χ0n) is 23.2. The summed E-state index contributed by atoms with van der Waals surface area (Å²) in [6.07, 6.45) is 0.632. The Bertz CT molecular complexity index is 1460. The van der Waals surface area contributed by atoms with Crippen LogP contribution in [0, 0.1) is 11.8 Å². The first kappa shape index (κ1) is 29.7. The Morgan fingerprint density at radius 2 is 1.88 bits per heavy atom. The molecule has 3 aromatic rings. The maximum Gasteiger partial charge on any atom is 0.407 e. The molecule has 41 heavy (non-hydrogen) atoms. The van der Waals surface area contributed by atoms with E-state index in [-0.39, 0.29) is 29.2 Å². The fourth-order valence-electron chi connectivity index (χ4n) is 4.47. The van der Waals surface area contributed by atoms with Crippen LogP contribution in [0.4, 0.5) is 25.1 Å². The molecule has 13 heteroatoms. The highest BCUT2D eigenvalue weighted by atomic mass is 19.1. The number of carbonyl (C=O) groups excluding carboxylic acids is 2. The van der Waals surface area contributed by atoms with Gasteiger partial charge in [-0.05, 0) is 65.0 Å². The van der Waals surface area contributed by atoms with Gasteiger partial charge in [0.05, 0.1) is 35.2 Å². The Balaban J connectivity index is 1.59. The number of nitrogens with zero attached hydrogens (tertiary/aromatic N) is 3. The highest BCUT2D eigenvalue weighted by Crippen LogP contribution is 2.40. The van der Waals surface area contributed by atoms with Gasteiger partial charge >= 0.3 is 6.09 Å². The van der Waals surface area contributed by atoms with E-state index < -0.39 is 58.9 Å². The minimum atomic E-state index is -1.09. The summed E-state index contributed by atoms with van der Waals surface area (Å²) in [7, 11) is 0. The predicted molar refractivity (Wildman–Crippen MR) is 146 cm³/mol. The first-order valence-electron chi connectivity index (χ1n) is 12.8. The number of halogens is 2. The number of amides is 2. The maximum atomic E-state index is 14.5. The maximum absolute atomic E-state index is 14.5. The van der Waals surface area contributed by atoms with Crippen LogP contribution in [0.15, 0.2) is 42.7 Å².